The van der Waals surface area contributed by atoms with Crippen molar-refractivity contribution in [1.29, 1.82) is 0 Å². The van der Waals surface area contributed by atoms with Crippen LogP contribution in [-0.4, -0.2) is 30.7 Å². The Morgan fingerprint density at radius 2 is 2.05 bits per heavy atom. The predicted molar refractivity (Wildman–Crippen MR) is 59.0 cm³/mol. The maximum atomic E-state index is 13.2. The van der Waals surface area contributed by atoms with Crippen molar-refractivity contribution in [3.63, 3.8) is 0 Å². The summed E-state index contributed by atoms with van der Waals surface area (Å²) >= 11 is 0. The molecular formula is C10H10F4N6. The number of alkyl halides is 3. The number of anilines is 1. The van der Waals surface area contributed by atoms with Crippen LogP contribution in [0.2, 0.25) is 0 Å². The largest absolute Gasteiger partial charge is 0.406 e. The second-order valence-electron chi connectivity index (χ2n) is 4.75. The first-order valence-electron chi connectivity index (χ1n) is 5.78. The Bertz CT molecular complexity index is 619. The molecule has 0 unspecified atom stereocenters. The van der Waals surface area contributed by atoms with Gasteiger partial charge in [0.25, 0.3) is 5.95 Å². The van der Waals surface area contributed by atoms with E-state index in [9.17, 15) is 17.6 Å². The highest BCUT2D eigenvalue weighted by atomic mass is 19.4. The van der Waals surface area contributed by atoms with Crippen molar-refractivity contribution in [3.05, 3.63) is 24.3 Å². The maximum absolute atomic E-state index is 13.2. The summed E-state index contributed by atoms with van der Waals surface area (Å²) in [6.07, 6.45) is -1.11. The van der Waals surface area contributed by atoms with Crippen molar-refractivity contribution in [2.45, 2.75) is 31.1 Å². The van der Waals surface area contributed by atoms with Crippen LogP contribution in [-0.2, 0) is 12.1 Å². The number of rotatable bonds is 3. The highest BCUT2D eigenvalue weighted by Gasteiger charge is 2.52. The summed E-state index contributed by atoms with van der Waals surface area (Å²) in [5, 5.41) is 10.9. The molecule has 0 radical (unpaired) electrons. The van der Waals surface area contributed by atoms with Gasteiger partial charge < -0.3 is 10.3 Å². The van der Waals surface area contributed by atoms with E-state index in [1.165, 1.54) is 10.9 Å². The Hall–Kier alpha value is -2.13. The number of nitrogens with two attached hydrogens (primary N) is 1. The highest BCUT2D eigenvalue weighted by Crippen LogP contribution is 2.48. The normalized spacial score (nSPS) is 17.4. The van der Waals surface area contributed by atoms with E-state index in [1.54, 1.807) is 0 Å². The molecule has 20 heavy (non-hydrogen) atoms. The van der Waals surface area contributed by atoms with Crippen LogP contribution in [0.1, 0.15) is 18.7 Å². The molecule has 0 atom stereocenters. The summed E-state index contributed by atoms with van der Waals surface area (Å²) in [7, 11) is 0. The number of halogens is 4. The average Bonchev–Trinajstić information content (AvgIpc) is 2.89. The SMILES string of the molecule is Nc1cn(C2(c3nncn3CC(F)(F)F)CC2)nc1F. The summed E-state index contributed by atoms with van der Waals surface area (Å²) in [5.41, 5.74) is 4.33. The van der Waals surface area contributed by atoms with Crippen molar-refractivity contribution in [1.82, 2.24) is 24.5 Å². The first-order valence-corrected chi connectivity index (χ1v) is 5.78. The maximum Gasteiger partial charge on any atom is 0.406 e. The number of aromatic nitrogens is 5. The van der Waals surface area contributed by atoms with E-state index in [0.29, 0.717) is 12.8 Å². The van der Waals surface area contributed by atoms with Gasteiger partial charge >= 0.3 is 6.18 Å². The zero-order valence-corrected chi connectivity index (χ0v) is 10.1. The molecule has 0 saturated heterocycles. The lowest BCUT2D eigenvalue weighted by Gasteiger charge is -2.17. The van der Waals surface area contributed by atoms with Crippen LogP contribution in [0.4, 0.5) is 23.2 Å². The van der Waals surface area contributed by atoms with Crippen LogP contribution in [0.15, 0.2) is 12.5 Å². The van der Waals surface area contributed by atoms with Gasteiger partial charge in [-0.05, 0) is 12.8 Å². The van der Waals surface area contributed by atoms with E-state index in [-0.39, 0.29) is 11.5 Å². The smallest absolute Gasteiger partial charge is 0.394 e. The zero-order chi connectivity index (χ0) is 14.5. The molecule has 2 heterocycles. The van der Waals surface area contributed by atoms with Crippen molar-refractivity contribution in [2.75, 3.05) is 5.73 Å². The molecule has 1 fully saturated rings. The summed E-state index contributed by atoms with van der Waals surface area (Å²) < 4.78 is 52.9. The van der Waals surface area contributed by atoms with E-state index in [0.717, 1.165) is 10.9 Å². The minimum atomic E-state index is -4.39. The Kier molecular flexibility index (Phi) is 2.53. The lowest BCUT2D eigenvalue weighted by atomic mass is 10.2. The van der Waals surface area contributed by atoms with E-state index < -0.39 is 24.2 Å². The molecular weight excluding hydrogens is 280 g/mol. The third-order valence-electron chi connectivity index (χ3n) is 3.24. The van der Waals surface area contributed by atoms with Gasteiger partial charge in [-0.1, -0.05) is 0 Å². The summed E-state index contributed by atoms with van der Waals surface area (Å²) in [6, 6.07) is 0. The standard InChI is InChI=1S/C10H10F4N6/c11-7-6(15)3-20(18-7)9(1-2-9)8-17-16-5-19(8)4-10(12,13)14/h3,5H,1-2,4,15H2. The van der Waals surface area contributed by atoms with Gasteiger partial charge in [0.05, 0.1) is 6.20 Å². The van der Waals surface area contributed by atoms with E-state index in [1.807, 2.05) is 0 Å². The molecule has 2 aromatic heterocycles. The summed E-state index contributed by atoms with van der Waals surface area (Å²) in [5.74, 6) is -0.740. The summed E-state index contributed by atoms with van der Waals surface area (Å²) in [4.78, 5) is 0. The molecule has 2 N–H and O–H groups in total. The Balaban J connectivity index is 1.99. The Morgan fingerprint density at radius 3 is 2.55 bits per heavy atom. The molecule has 1 aliphatic carbocycles. The second-order valence-corrected chi connectivity index (χ2v) is 4.75. The minimum absolute atomic E-state index is 0.109. The van der Waals surface area contributed by atoms with Gasteiger partial charge in [-0.15, -0.1) is 15.3 Å². The van der Waals surface area contributed by atoms with Gasteiger partial charge in [0.15, 0.2) is 5.82 Å². The molecule has 108 valence electrons. The number of nitrogens with zero attached hydrogens (tertiary/aromatic N) is 5. The fourth-order valence-electron chi connectivity index (χ4n) is 2.18. The van der Waals surface area contributed by atoms with Gasteiger partial charge in [0.1, 0.15) is 24.1 Å². The third kappa shape index (κ3) is 2.00. The Labute approximate surface area is 110 Å². The van der Waals surface area contributed by atoms with E-state index >= 15 is 0 Å². The van der Waals surface area contributed by atoms with Crippen molar-refractivity contribution >= 4 is 5.69 Å². The molecule has 0 aliphatic heterocycles. The second kappa shape index (κ2) is 3.93. The first-order chi connectivity index (χ1) is 9.32. The lowest BCUT2D eigenvalue weighted by molar-refractivity contribution is -0.141. The fraction of sp³-hybridized carbons (Fsp3) is 0.500. The lowest BCUT2D eigenvalue weighted by Crippen LogP contribution is -2.27. The molecule has 6 nitrogen and oxygen atoms in total. The van der Waals surface area contributed by atoms with Crippen LogP contribution < -0.4 is 5.73 Å². The van der Waals surface area contributed by atoms with Gasteiger partial charge in [0.2, 0.25) is 0 Å². The molecule has 1 aliphatic rings. The quantitative estimate of drug-likeness (QED) is 0.864. The van der Waals surface area contributed by atoms with Crippen molar-refractivity contribution in [3.8, 4) is 0 Å². The Morgan fingerprint density at radius 1 is 1.35 bits per heavy atom. The van der Waals surface area contributed by atoms with Gasteiger partial charge in [-0.3, -0.25) is 4.68 Å². The van der Waals surface area contributed by atoms with Crippen molar-refractivity contribution in [2.24, 2.45) is 0 Å². The van der Waals surface area contributed by atoms with Crippen LogP contribution >= 0.6 is 0 Å². The summed E-state index contributed by atoms with van der Waals surface area (Å²) in [6.45, 7) is -1.20. The van der Waals surface area contributed by atoms with Gasteiger partial charge in [-0.2, -0.15) is 17.6 Å². The average molecular weight is 290 g/mol. The first kappa shape index (κ1) is 12.9. The molecule has 0 bridgehead atoms. The van der Waals surface area contributed by atoms with Gasteiger partial charge in [-0.25, -0.2) is 0 Å². The monoisotopic (exact) mass is 290 g/mol. The number of nitrogen functional groups attached to an aromatic ring is 1. The molecule has 2 aromatic rings. The van der Waals surface area contributed by atoms with E-state index in [2.05, 4.69) is 15.3 Å². The van der Waals surface area contributed by atoms with Crippen LogP contribution in [0.5, 0.6) is 0 Å². The van der Waals surface area contributed by atoms with Crippen molar-refractivity contribution < 1.29 is 17.6 Å². The molecule has 1 saturated carbocycles. The topological polar surface area (TPSA) is 74.6 Å². The van der Waals surface area contributed by atoms with Crippen LogP contribution in [0.25, 0.3) is 0 Å². The number of hydrogen-bond acceptors (Lipinski definition) is 4. The molecule has 0 spiro atoms. The number of hydrogen-bond donors (Lipinski definition) is 1. The minimum Gasteiger partial charge on any atom is -0.394 e. The van der Waals surface area contributed by atoms with Gasteiger partial charge in [0, 0.05) is 0 Å². The fourth-order valence-corrected chi connectivity index (χ4v) is 2.18. The highest BCUT2D eigenvalue weighted by molar-refractivity contribution is 5.35. The molecule has 0 amide bonds. The van der Waals surface area contributed by atoms with E-state index in [4.69, 9.17) is 5.73 Å². The molecule has 10 heteroatoms. The molecule has 0 aromatic carbocycles. The van der Waals surface area contributed by atoms with Crippen LogP contribution in [0.3, 0.4) is 0 Å². The van der Waals surface area contributed by atoms with Crippen LogP contribution in [0, 0.1) is 5.95 Å². The zero-order valence-electron chi connectivity index (χ0n) is 10.1. The predicted octanol–water partition coefficient (Wildman–Crippen LogP) is 1.30. The molecule has 3 rings (SSSR count). The third-order valence-corrected chi connectivity index (χ3v) is 3.24.